The highest BCUT2D eigenvalue weighted by Gasteiger charge is 2.31. The Morgan fingerprint density at radius 2 is 1.59 bits per heavy atom. The molecule has 0 aliphatic carbocycles. The Labute approximate surface area is 238 Å². The Morgan fingerprint density at radius 3 is 2.15 bits per heavy atom. The monoisotopic (exact) mass is 580 g/mol. The summed E-state index contributed by atoms with van der Waals surface area (Å²) in [5.41, 5.74) is 1.72. The lowest BCUT2D eigenvalue weighted by Gasteiger charge is -2.41. The molecular formula is C28H41ClN4O5S. The van der Waals surface area contributed by atoms with Crippen LogP contribution in [-0.4, -0.2) is 87.4 Å². The zero-order valence-electron chi connectivity index (χ0n) is 22.9. The van der Waals surface area contributed by atoms with E-state index in [2.05, 4.69) is 33.6 Å². The maximum absolute atomic E-state index is 13.3. The molecule has 0 unspecified atom stereocenters. The van der Waals surface area contributed by atoms with Crippen LogP contribution in [0, 0.1) is 0 Å². The predicted octanol–water partition coefficient (Wildman–Crippen LogP) is 4.79. The lowest BCUT2D eigenvalue weighted by atomic mass is 10.0. The fraction of sp³-hybridized carbons (Fsp3) is 0.536. The minimum Gasteiger partial charge on any atom is -0.457 e. The van der Waals surface area contributed by atoms with Gasteiger partial charge in [0.1, 0.15) is 11.5 Å². The van der Waals surface area contributed by atoms with Crippen LogP contribution in [0.5, 0.6) is 11.5 Å². The second-order valence-electron chi connectivity index (χ2n) is 10.1. The molecule has 9 nitrogen and oxygen atoms in total. The summed E-state index contributed by atoms with van der Waals surface area (Å²) >= 11 is 0. The number of benzene rings is 2. The molecule has 0 radical (unpaired) electrons. The first-order chi connectivity index (χ1) is 18.3. The number of hydrogen-bond acceptors (Lipinski definition) is 6. The van der Waals surface area contributed by atoms with Crippen molar-refractivity contribution >= 4 is 34.1 Å². The van der Waals surface area contributed by atoms with Gasteiger partial charge in [-0.15, -0.1) is 12.4 Å². The molecule has 2 saturated heterocycles. The summed E-state index contributed by atoms with van der Waals surface area (Å²) < 4.78 is 36.5. The molecule has 1 N–H and O–H groups in total. The molecule has 0 atom stereocenters. The van der Waals surface area contributed by atoms with Crippen molar-refractivity contribution in [3.05, 3.63) is 54.1 Å². The van der Waals surface area contributed by atoms with Crippen molar-refractivity contribution in [1.29, 1.82) is 0 Å². The topological polar surface area (TPSA) is 91.4 Å². The Kier molecular flexibility index (Phi) is 11.7. The summed E-state index contributed by atoms with van der Waals surface area (Å²) in [6.45, 7) is 8.44. The molecular weight excluding hydrogens is 540 g/mol. The van der Waals surface area contributed by atoms with E-state index in [1.807, 2.05) is 17.0 Å². The number of carbonyl (C=O) groups is 1. The van der Waals surface area contributed by atoms with E-state index in [0.717, 1.165) is 63.9 Å². The number of sulfonamides is 1. The van der Waals surface area contributed by atoms with Gasteiger partial charge in [0.05, 0.1) is 19.5 Å². The number of likely N-dealkylation sites (tertiary alicyclic amines) is 1. The minimum absolute atomic E-state index is 0. The molecule has 0 aromatic heterocycles. The predicted molar refractivity (Wildman–Crippen MR) is 156 cm³/mol. The van der Waals surface area contributed by atoms with Crippen LogP contribution < -0.4 is 9.46 Å². The number of anilines is 1. The number of morpholine rings is 1. The summed E-state index contributed by atoms with van der Waals surface area (Å²) in [5.74, 6) is 1.36. The molecule has 216 valence electrons. The number of piperidine rings is 1. The Bertz CT molecular complexity index is 1130. The van der Waals surface area contributed by atoms with E-state index in [0.29, 0.717) is 43.8 Å². The number of ether oxygens (including phenoxy) is 2. The summed E-state index contributed by atoms with van der Waals surface area (Å²) in [6, 6.07) is 15.4. The van der Waals surface area contributed by atoms with E-state index in [1.54, 1.807) is 24.3 Å². The van der Waals surface area contributed by atoms with Gasteiger partial charge in [-0.25, -0.2) is 13.2 Å². The van der Waals surface area contributed by atoms with Gasteiger partial charge < -0.3 is 19.3 Å². The van der Waals surface area contributed by atoms with Crippen molar-refractivity contribution in [3.8, 4) is 11.5 Å². The molecule has 2 aliphatic heterocycles. The van der Waals surface area contributed by atoms with Crippen molar-refractivity contribution in [2.45, 2.75) is 45.2 Å². The van der Waals surface area contributed by atoms with Crippen LogP contribution >= 0.6 is 12.4 Å². The van der Waals surface area contributed by atoms with Gasteiger partial charge >= 0.3 is 6.03 Å². The van der Waals surface area contributed by atoms with Gasteiger partial charge in [-0.3, -0.25) is 9.62 Å². The van der Waals surface area contributed by atoms with E-state index in [4.69, 9.17) is 9.47 Å². The van der Waals surface area contributed by atoms with Gasteiger partial charge in [0.2, 0.25) is 10.0 Å². The van der Waals surface area contributed by atoms with Crippen molar-refractivity contribution < 1.29 is 22.7 Å². The number of carbonyl (C=O) groups excluding carboxylic acids is 1. The second-order valence-corrected chi connectivity index (χ2v) is 11.8. The number of amides is 2. The molecule has 2 amide bonds. The van der Waals surface area contributed by atoms with Crippen LogP contribution in [0.25, 0.3) is 0 Å². The number of halogens is 1. The number of urea groups is 1. The maximum atomic E-state index is 13.3. The molecule has 39 heavy (non-hydrogen) atoms. The Balaban J connectivity index is 0.00000420. The number of hydrogen-bond donors (Lipinski definition) is 1. The number of unbranched alkanes of at least 4 members (excludes halogenated alkanes) is 1. The van der Waals surface area contributed by atoms with Crippen LogP contribution in [0.15, 0.2) is 48.5 Å². The van der Waals surface area contributed by atoms with Gasteiger partial charge in [-0.1, -0.05) is 25.5 Å². The van der Waals surface area contributed by atoms with E-state index in [1.165, 1.54) is 5.56 Å². The molecule has 2 aromatic rings. The number of nitrogens with one attached hydrogen (secondary N) is 1. The lowest BCUT2D eigenvalue weighted by molar-refractivity contribution is 0.0334. The molecule has 2 fully saturated rings. The highest BCUT2D eigenvalue weighted by Crippen LogP contribution is 2.25. The van der Waals surface area contributed by atoms with E-state index in [-0.39, 0.29) is 18.4 Å². The molecule has 11 heteroatoms. The van der Waals surface area contributed by atoms with Gasteiger partial charge in [-0.2, -0.15) is 0 Å². The first-order valence-corrected chi connectivity index (χ1v) is 15.4. The third kappa shape index (κ3) is 9.56. The van der Waals surface area contributed by atoms with Crippen molar-refractivity contribution in [2.24, 2.45) is 0 Å². The van der Waals surface area contributed by atoms with E-state index < -0.39 is 10.0 Å². The summed E-state index contributed by atoms with van der Waals surface area (Å²) in [7, 11) is -3.30. The number of nitrogens with zero attached hydrogens (tertiary/aromatic N) is 3. The molecule has 0 bridgehead atoms. The van der Waals surface area contributed by atoms with Gasteiger partial charge in [0, 0.05) is 51.0 Å². The molecule has 4 rings (SSSR count). The average molecular weight is 581 g/mol. The van der Waals surface area contributed by atoms with Crippen molar-refractivity contribution in [2.75, 3.05) is 56.9 Å². The smallest absolute Gasteiger partial charge is 0.320 e. The zero-order valence-corrected chi connectivity index (χ0v) is 24.5. The zero-order chi connectivity index (χ0) is 27.0. The van der Waals surface area contributed by atoms with E-state index in [9.17, 15) is 13.2 Å². The normalized spacial score (nSPS) is 16.8. The molecule has 0 saturated carbocycles. The Morgan fingerprint density at radius 1 is 1.00 bits per heavy atom. The summed E-state index contributed by atoms with van der Waals surface area (Å²) in [5, 5.41) is 0. The van der Waals surface area contributed by atoms with Crippen LogP contribution in [0.3, 0.4) is 0 Å². The van der Waals surface area contributed by atoms with Crippen LogP contribution in [0.1, 0.15) is 38.2 Å². The van der Waals surface area contributed by atoms with Gasteiger partial charge in [0.25, 0.3) is 0 Å². The van der Waals surface area contributed by atoms with Crippen LogP contribution in [0.4, 0.5) is 10.5 Å². The van der Waals surface area contributed by atoms with E-state index >= 15 is 0 Å². The summed E-state index contributed by atoms with van der Waals surface area (Å²) in [4.78, 5) is 19.8. The highest BCUT2D eigenvalue weighted by molar-refractivity contribution is 7.92. The SMILES string of the molecule is CCCCN(C(=O)N1CCOCC1)C1CCN(Cc2ccc(Oc3ccc(NS(C)(=O)=O)cc3)cc2)CC1.Cl. The lowest BCUT2D eigenvalue weighted by Crippen LogP contribution is -2.54. The van der Waals surface area contributed by atoms with Crippen LogP contribution in [0.2, 0.25) is 0 Å². The van der Waals surface area contributed by atoms with Crippen molar-refractivity contribution in [1.82, 2.24) is 14.7 Å². The van der Waals surface area contributed by atoms with Crippen LogP contribution in [-0.2, 0) is 21.3 Å². The van der Waals surface area contributed by atoms with Gasteiger partial charge in [-0.05, 0) is 61.2 Å². The van der Waals surface area contributed by atoms with Gasteiger partial charge in [0.15, 0.2) is 0 Å². The first kappa shape index (κ1) is 31.0. The second kappa shape index (κ2) is 14.7. The molecule has 2 aliphatic rings. The fourth-order valence-corrected chi connectivity index (χ4v) is 5.51. The largest absolute Gasteiger partial charge is 0.457 e. The molecule has 2 heterocycles. The maximum Gasteiger partial charge on any atom is 0.320 e. The Hall–Kier alpha value is -2.53. The average Bonchev–Trinajstić information content (AvgIpc) is 2.91. The first-order valence-electron chi connectivity index (χ1n) is 13.5. The molecule has 0 spiro atoms. The third-order valence-corrected chi connectivity index (χ3v) is 7.61. The third-order valence-electron chi connectivity index (χ3n) is 7.00. The highest BCUT2D eigenvalue weighted by atomic mass is 35.5. The quantitative estimate of drug-likeness (QED) is 0.434. The molecule has 2 aromatic carbocycles. The standard InChI is InChI=1S/C28H40N4O5S.ClH/c1-3-4-15-32(28(33)31-18-20-36-21-19-31)25-13-16-30(17-14-25)22-23-5-9-26(10-6-23)37-27-11-7-24(8-12-27)29-38(2,34)35;/h5-12,25,29H,3-4,13-22H2,1-2H3;1H. The minimum atomic E-state index is -3.30. The number of rotatable bonds is 10. The summed E-state index contributed by atoms with van der Waals surface area (Å²) in [6.07, 6.45) is 5.22. The van der Waals surface area contributed by atoms with Crippen molar-refractivity contribution in [3.63, 3.8) is 0 Å². The fourth-order valence-electron chi connectivity index (χ4n) is 4.95.